The Kier molecular flexibility index (Phi) is 10.4. The van der Waals surface area contributed by atoms with Crippen molar-refractivity contribution in [3.05, 3.63) is 29.8 Å². The third kappa shape index (κ3) is 9.85. The number of nitrogens with one attached hydrogen (secondary N) is 1. The van der Waals surface area contributed by atoms with Crippen molar-refractivity contribution in [1.82, 2.24) is 5.32 Å². The first-order valence-corrected chi connectivity index (χ1v) is 6.14. The zero-order chi connectivity index (χ0) is 15.1. The standard InChI is InChI=1S/C12H19NO.C2H5NO2.HI/c1-10(13(2,3)4)8-11-6-5-7-12(14)9-11;1-3-2(4)5;/h5-7,9-10H,8H2,1-4H3;3H,1H3,(H,4,5);1H. The summed E-state index contributed by atoms with van der Waals surface area (Å²) in [5.74, 6) is 0.358. The summed E-state index contributed by atoms with van der Waals surface area (Å²) in [6.07, 6.45) is -0.247. The van der Waals surface area contributed by atoms with Crippen LogP contribution in [0.1, 0.15) is 12.5 Å². The number of carbonyl (C=O) groups excluding carboxylic acids is 1. The van der Waals surface area contributed by atoms with Gasteiger partial charge in [-0.3, -0.25) is 0 Å². The third-order valence-electron chi connectivity index (χ3n) is 2.97. The Morgan fingerprint density at radius 2 is 1.90 bits per heavy atom. The molecule has 0 bridgehead atoms. The molecule has 2 N–H and O–H groups in total. The first-order chi connectivity index (χ1) is 8.66. The van der Waals surface area contributed by atoms with Crippen molar-refractivity contribution in [3.63, 3.8) is 0 Å². The molecule has 0 aliphatic rings. The summed E-state index contributed by atoms with van der Waals surface area (Å²) < 4.78 is 0.940. The van der Waals surface area contributed by atoms with E-state index in [1.54, 1.807) is 6.07 Å². The number of amides is 1. The van der Waals surface area contributed by atoms with E-state index < -0.39 is 6.09 Å². The molecule has 0 heterocycles. The lowest BCUT2D eigenvalue weighted by molar-refractivity contribution is -0.893. The minimum Gasteiger partial charge on any atom is -0.530 e. The zero-order valence-corrected chi connectivity index (χ0v) is 15.0. The molecule has 1 atom stereocenters. The molecule has 0 fully saturated rings. The molecule has 6 heteroatoms. The average molecular weight is 396 g/mol. The molecule has 0 aliphatic carbocycles. The number of likely N-dealkylation sites (N-methyl/N-ethyl adjacent to an activating group) is 1. The maximum absolute atomic E-state index is 9.32. The number of nitrogens with zero attached hydrogens (tertiary/aromatic N) is 1. The lowest BCUT2D eigenvalue weighted by Crippen LogP contribution is -2.44. The summed E-state index contributed by atoms with van der Waals surface area (Å²) in [6.45, 7) is 2.23. The van der Waals surface area contributed by atoms with Crippen LogP contribution in [0, 0.1) is 0 Å². The Morgan fingerprint density at radius 1 is 1.40 bits per heavy atom. The molecule has 1 aromatic rings. The van der Waals surface area contributed by atoms with Gasteiger partial charge >= 0.3 is 0 Å². The smallest absolute Gasteiger partial charge is 0.133 e. The number of carboxylic acid groups (broad SMARTS) is 1. The van der Waals surface area contributed by atoms with Crippen LogP contribution in [0.2, 0.25) is 0 Å². The van der Waals surface area contributed by atoms with Crippen LogP contribution >= 0.6 is 24.0 Å². The number of phenolic OH excluding ortho intramolecular Hbond substituents is 1. The number of rotatable bonds is 3. The summed E-state index contributed by atoms with van der Waals surface area (Å²) in [6, 6.07) is 8.06. The summed E-state index contributed by atoms with van der Waals surface area (Å²) >= 11 is 0. The number of aromatic hydroxyl groups is 1. The van der Waals surface area contributed by atoms with Crippen molar-refractivity contribution in [1.29, 1.82) is 0 Å². The van der Waals surface area contributed by atoms with E-state index in [1.165, 1.54) is 12.6 Å². The van der Waals surface area contributed by atoms with Crippen molar-refractivity contribution in [2.24, 2.45) is 0 Å². The van der Waals surface area contributed by atoms with Crippen LogP contribution in [0.25, 0.3) is 0 Å². The molecule has 0 radical (unpaired) electrons. The molecule has 1 aromatic carbocycles. The van der Waals surface area contributed by atoms with Crippen molar-refractivity contribution in [2.75, 3.05) is 28.2 Å². The van der Waals surface area contributed by atoms with Gasteiger partial charge in [-0.1, -0.05) is 12.1 Å². The number of halogens is 1. The molecule has 1 unspecified atom stereocenters. The third-order valence-corrected chi connectivity index (χ3v) is 2.97. The second kappa shape index (κ2) is 9.82. The molecule has 5 nitrogen and oxygen atoms in total. The fourth-order valence-corrected chi connectivity index (χ4v) is 1.30. The Bertz CT molecular complexity index is 406. The van der Waals surface area contributed by atoms with E-state index >= 15 is 0 Å². The molecule has 116 valence electrons. The molecule has 1 rings (SSSR count). The molecule has 0 aliphatic heterocycles. The van der Waals surface area contributed by atoms with Crippen LogP contribution in [-0.4, -0.2) is 49.9 Å². The van der Waals surface area contributed by atoms with Crippen LogP contribution in [-0.2, 0) is 6.42 Å². The second-order valence-corrected chi connectivity index (χ2v) is 5.38. The van der Waals surface area contributed by atoms with E-state index in [4.69, 9.17) is 9.90 Å². The molecule has 0 spiro atoms. The highest BCUT2D eigenvalue weighted by atomic mass is 127. The van der Waals surface area contributed by atoms with Crippen LogP contribution in [0.5, 0.6) is 5.75 Å². The normalized spacial score (nSPS) is 11.4. The fourth-order valence-electron chi connectivity index (χ4n) is 1.30. The average Bonchev–Trinajstić information content (AvgIpc) is 2.28. The molecule has 0 aromatic heterocycles. The molecule has 0 saturated carbocycles. The highest BCUT2D eigenvalue weighted by Crippen LogP contribution is 2.15. The van der Waals surface area contributed by atoms with E-state index in [2.05, 4.69) is 34.1 Å². The van der Waals surface area contributed by atoms with E-state index in [0.29, 0.717) is 11.8 Å². The van der Waals surface area contributed by atoms with Crippen LogP contribution in [0.15, 0.2) is 24.3 Å². The number of phenols is 1. The van der Waals surface area contributed by atoms with Gasteiger partial charge in [0.25, 0.3) is 0 Å². The minimum absolute atomic E-state index is 0. The molecule has 0 saturated heterocycles. The zero-order valence-electron chi connectivity index (χ0n) is 12.7. The molecular formula is C14H25IN2O3. The van der Waals surface area contributed by atoms with Gasteiger partial charge in [-0.15, -0.1) is 24.0 Å². The van der Waals surface area contributed by atoms with E-state index in [-0.39, 0.29) is 24.0 Å². The first-order valence-electron chi connectivity index (χ1n) is 6.14. The van der Waals surface area contributed by atoms with E-state index in [9.17, 15) is 5.11 Å². The minimum atomic E-state index is -1.25. The fraction of sp³-hybridized carbons (Fsp3) is 0.500. The maximum atomic E-state index is 9.32. The quantitative estimate of drug-likeness (QED) is 0.596. The van der Waals surface area contributed by atoms with Crippen molar-refractivity contribution in [3.8, 4) is 5.75 Å². The summed E-state index contributed by atoms with van der Waals surface area (Å²) in [5.41, 5.74) is 1.20. The van der Waals surface area contributed by atoms with Gasteiger partial charge in [0, 0.05) is 13.5 Å². The number of benzene rings is 1. The topological polar surface area (TPSA) is 72.4 Å². The Balaban J connectivity index is 0. The predicted octanol–water partition coefficient (Wildman–Crippen LogP) is 1.20. The van der Waals surface area contributed by atoms with Gasteiger partial charge in [-0.25, -0.2) is 0 Å². The largest absolute Gasteiger partial charge is 0.530 e. The molecule has 1 amide bonds. The van der Waals surface area contributed by atoms with Gasteiger partial charge in [-0.05, 0) is 24.6 Å². The van der Waals surface area contributed by atoms with Crippen molar-refractivity contribution < 1.29 is 19.5 Å². The van der Waals surface area contributed by atoms with Crippen LogP contribution in [0.3, 0.4) is 0 Å². The van der Waals surface area contributed by atoms with Gasteiger partial charge < -0.3 is 24.8 Å². The first kappa shape index (κ1) is 21.3. The molecular weight excluding hydrogens is 371 g/mol. The maximum Gasteiger partial charge on any atom is 0.133 e. The van der Waals surface area contributed by atoms with Crippen molar-refractivity contribution in [2.45, 2.75) is 19.4 Å². The van der Waals surface area contributed by atoms with E-state index in [1.807, 2.05) is 17.4 Å². The van der Waals surface area contributed by atoms with Crippen LogP contribution < -0.4 is 10.4 Å². The van der Waals surface area contributed by atoms with Gasteiger partial charge in [0.2, 0.25) is 0 Å². The highest BCUT2D eigenvalue weighted by molar-refractivity contribution is 14.0. The SMILES string of the molecule is CC(Cc1cccc(O)c1)[N+](C)(C)C.CNC(=O)[O-].I. The van der Waals surface area contributed by atoms with E-state index in [0.717, 1.165) is 10.9 Å². The lowest BCUT2D eigenvalue weighted by atomic mass is 10.1. The van der Waals surface area contributed by atoms with Gasteiger partial charge in [0.05, 0.1) is 27.2 Å². The number of quaternary nitrogens is 1. The van der Waals surface area contributed by atoms with Crippen molar-refractivity contribution >= 4 is 30.1 Å². The highest BCUT2D eigenvalue weighted by Gasteiger charge is 2.18. The number of hydrogen-bond donors (Lipinski definition) is 2. The summed E-state index contributed by atoms with van der Waals surface area (Å²) in [4.78, 5) is 9.15. The number of carbonyl (C=O) groups is 1. The number of hydrogen-bond acceptors (Lipinski definition) is 3. The lowest BCUT2D eigenvalue weighted by Gasteiger charge is -2.31. The summed E-state index contributed by atoms with van der Waals surface area (Å²) in [7, 11) is 7.85. The van der Waals surface area contributed by atoms with Gasteiger partial charge in [-0.2, -0.15) is 0 Å². The molecule has 20 heavy (non-hydrogen) atoms. The second-order valence-electron chi connectivity index (χ2n) is 5.38. The van der Waals surface area contributed by atoms with Gasteiger partial charge in [0.15, 0.2) is 0 Å². The van der Waals surface area contributed by atoms with Crippen LogP contribution in [0.4, 0.5) is 4.79 Å². The van der Waals surface area contributed by atoms with Gasteiger partial charge in [0.1, 0.15) is 11.8 Å². The Morgan fingerprint density at radius 3 is 2.25 bits per heavy atom. The Hall–Kier alpha value is -1.02. The summed E-state index contributed by atoms with van der Waals surface area (Å²) in [5, 5.41) is 20.3. The monoisotopic (exact) mass is 396 g/mol. The Labute approximate surface area is 138 Å². The predicted molar refractivity (Wildman–Crippen MR) is 89.2 cm³/mol.